The summed E-state index contributed by atoms with van der Waals surface area (Å²) < 4.78 is 4.87. The molecule has 0 fully saturated rings. The fourth-order valence-electron chi connectivity index (χ4n) is 1.74. The highest BCUT2D eigenvalue weighted by molar-refractivity contribution is 5.90. The first kappa shape index (κ1) is 18.1. The van der Waals surface area contributed by atoms with Gasteiger partial charge in [-0.1, -0.05) is 12.1 Å². The van der Waals surface area contributed by atoms with Crippen molar-refractivity contribution in [2.24, 2.45) is 0 Å². The molecular formula is C14H17N4O5+. The number of ether oxygens (including phenoxy) is 1. The van der Waals surface area contributed by atoms with Crippen LogP contribution in [0.3, 0.4) is 0 Å². The number of aliphatic hydroxyl groups excluding tert-OH is 1. The molecule has 9 heteroatoms. The van der Waals surface area contributed by atoms with Gasteiger partial charge in [-0.25, -0.2) is 4.79 Å². The molecule has 23 heavy (non-hydrogen) atoms. The highest BCUT2D eigenvalue weighted by Gasteiger charge is 2.28. The molecular weight excluding hydrogens is 304 g/mol. The number of benzene rings is 1. The average Bonchev–Trinajstić information content (AvgIpc) is 2.48. The Morgan fingerprint density at radius 3 is 2.52 bits per heavy atom. The Morgan fingerprint density at radius 2 is 2.04 bits per heavy atom. The van der Waals surface area contributed by atoms with Crippen LogP contribution in [-0.2, 0) is 16.1 Å². The summed E-state index contributed by atoms with van der Waals surface area (Å²) in [6.07, 6.45) is 0. The molecule has 9 nitrogen and oxygen atoms in total. The summed E-state index contributed by atoms with van der Waals surface area (Å²) in [5.74, 6) is -1.35. The molecule has 122 valence electrons. The number of esters is 1. The quantitative estimate of drug-likeness (QED) is 0.204. The third kappa shape index (κ3) is 5.72. The summed E-state index contributed by atoms with van der Waals surface area (Å²) in [6, 6.07) is 6.16. The summed E-state index contributed by atoms with van der Waals surface area (Å²) in [7, 11) is 1.79. The van der Waals surface area contributed by atoms with E-state index in [0.29, 0.717) is 13.1 Å². The number of non-ortho nitro benzene ring substituents is 1. The number of hydrogen-bond acceptors (Lipinski definition) is 7. The first-order chi connectivity index (χ1) is 10.8. The number of likely N-dealkylation sites (N-methyl/N-ethyl adjacent to an activating group) is 1. The zero-order valence-electron chi connectivity index (χ0n) is 12.8. The molecule has 0 unspecified atom stereocenters. The maximum atomic E-state index is 11.5. The zero-order chi connectivity index (χ0) is 17.4. The zero-order valence-corrected chi connectivity index (χ0v) is 12.8. The fourth-order valence-corrected chi connectivity index (χ4v) is 1.74. The number of rotatable bonds is 7. The first-order valence-electron chi connectivity index (χ1n) is 6.69. The molecule has 0 aliphatic carbocycles. The van der Waals surface area contributed by atoms with Crippen molar-refractivity contribution in [3.63, 3.8) is 0 Å². The summed E-state index contributed by atoms with van der Waals surface area (Å²) in [5.41, 5.74) is 0.362. The number of hydrogen-bond donors (Lipinski definition) is 1. The lowest BCUT2D eigenvalue weighted by Crippen LogP contribution is -2.24. The summed E-state index contributed by atoms with van der Waals surface area (Å²) in [5, 5.41) is 28.3. The van der Waals surface area contributed by atoms with Gasteiger partial charge in [0.25, 0.3) is 5.69 Å². The molecule has 0 bridgehead atoms. The predicted molar refractivity (Wildman–Crippen MR) is 80.8 cm³/mol. The monoisotopic (exact) mass is 321 g/mol. The second-order valence-corrected chi connectivity index (χ2v) is 4.83. The lowest BCUT2D eigenvalue weighted by Gasteiger charge is -2.15. The molecule has 0 saturated heterocycles. The van der Waals surface area contributed by atoms with E-state index in [1.807, 2.05) is 4.90 Å². The van der Waals surface area contributed by atoms with E-state index < -0.39 is 22.3 Å². The highest BCUT2D eigenvalue weighted by atomic mass is 16.6. The maximum absolute atomic E-state index is 11.5. The van der Waals surface area contributed by atoms with E-state index in [9.17, 15) is 14.9 Å². The van der Waals surface area contributed by atoms with E-state index in [1.54, 1.807) is 19.2 Å². The van der Waals surface area contributed by atoms with E-state index in [2.05, 4.69) is 4.98 Å². The number of carbonyl (C=O) groups is 1. The Hall–Kier alpha value is -2.99. The van der Waals surface area contributed by atoms with Crippen molar-refractivity contribution < 1.29 is 19.6 Å². The number of nitro benzene ring substituents is 1. The van der Waals surface area contributed by atoms with Crippen LogP contribution in [0.4, 0.5) is 5.69 Å². The molecule has 0 aromatic heterocycles. The smallest absolute Gasteiger partial charge is 0.504 e. The molecule has 0 aliphatic rings. The summed E-state index contributed by atoms with van der Waals surface area (Å²) in [6.45, 7) is 2.15. The molecule has 1 aromatic rings. The number of nitro groups is 1. The summed E-state index contributed by atoms with van der Waals surface area (Å²) >= 11 is 0. The van der Waals surface area contributed by atoms with E-state index in [4.69, 9.17) is 15.2 Å². The molecule has 1 N–H and O–H groups in total. The van der Waals surface area contributed by atoms with Crippen molar-refractivity contribution in [1.82, 2.24) is 4.90 Å². The second-order valence-electron chi connectivity index (χ2n) is 4.83. The predicted octanol–water partition coefficient (Wildman–Crippen LogP) is 2.21. The van der Waals surface area contributed by atoms with Gasteiger partial charge >= 0.3 is 11.7 Å². The van der Waals surface area contributed by atoms with Crippen molar-refractivity contribution in [2.45, 2.75) is 13.5 Å². The van der Waals surface area contributed by atoms with Gasteiger partial charge in [-0.2, -0.15) is 0 Å². The van der Waals surface area contributed by atoms with E-state index in [1.165, 1.54) is 19.1 Å². The highest BCUT2D eigenvalue weighted by Crippen LogP contribution is 2.13. The van der Waals surface area contributed by atoms with Crippen molar-refractivity contribution in [3.8, 4) is 0 Å². The Bertz CT molecular complexity index is 644. The third-order valence-corrected chi connectivity index (χ3v) is 2.94. The van der Waals surface area contributed by atoms with Crippen LogP contribution >= 0.6 is 0 Å². The van der Waals surface area contributed by atoms with Gasteiger partial charge < -0.3 is 9.84 Å². The summed E-state index contributed by atoms with van der Waals surface area (Å²) in [4.78, 5) is 26.1. The van der Waals surface area contributed by atoms with Gasteiger partial charge in [0.05, 0.1) is 4.92 Å². The Labute approximate surface area is 132 Å². The number of carbonyl (C=O) groups excluding carboxylic acids is 1. The van der Waals surface area contributed by atoms with Gasteiger partial charge in [0.2, 0.25) is 5.39 Å². The van der Waals surface area contributed by atoms with Crippen LogP contribution in [0.5, 0.6) is 0 Å². The lowest BCUT2D eigenvalue weighted by molar-refractivity contribution is -0.384. The molecule has 0 heterocycles. The molecule has 0 spiro atoms. The standard InChI is InChI=1S/C14H16N4O5/c1-10(19)13(16-15)14(20)23-8-7-17(2)9-11-3-5-12(6-4-11)18(21)22/h3-6H,7-9H2,1-2H3/p+1. The van der Waals surface area contributed by atoms with Crippen LogP contribution in [0.15, 0.2) is 35.7 Å². The second kappa shape index (κ2) is 8.45. The van der Waals surface area contributed by atoms with E-state index in [-0.39, 0.29) is 12.3 Å². The van der Waals surface area contributed by atoms with Gasteiger partial charge in [-0.3, -0.25) is 15.0 Å². The third-order valence-electron chi connectivity index (χ3n) is 2.94. The molecule has 1 aromatic carbocycles. The molecule has 0 atom stereocenters. The molecule has 0 saturated carbocycles. The van der Waals surface area contributed by atoms with Gasteiger partial charge in [0.1, 0.15) is 6.61 Å². The van der Waals surface area contributed by atoms with Crippen molar-refractivity contribution in [2.75, 3.05) is 20.2 Å². The van der Waals surface area contributed by atoms with Crippen LogP contribution in [-0.4, -0.2) is 41.1 Å². The minimum absolute atomic E-state index is 0.0248. The number of allylic oxidation sites excluding steroid dienone is 1. The normalized spacial score (nSPS) is 11.6. The number of nitrogens with zero attached hydrogens (tertiary/aromatic N) is 4. The van der Waals surface area contributed by atoms with E-state index in [0.717, 1.165) is 5.56 Å². The van der Waals surface area contributed by atoms with Gasteiger partial charge in [-0.05, 0) is 12.6 Å². The van der Waals surface area contributed by atoms with E-state index >= 15 is 0 Å². The van der Waals surface area contributed by atoms with Crippen LogP contribution in [0.2, 0.25) is 0 Å². The van der Waals surface area contributed by atoms with Gasteiger partial charge in [0.15, 0.2) is 10.7 Å². The minimum Gasteiger partial charge on any atom is -0.505 e. The largest absolute Gasteiger partial charge is 0.505 e. The van der Waals surface area contributed by atoms with Crippen LogP contribution in [0.25, 0.3) is 4.98 Å². The van der Waals surface area contributed by atoms with Crippen molar-refractivity contribution in [1.29, 1.82) is 5.39 Å². The minimum atomic E-state index is -0.920. The Balaban J connectivity index is 2.44. The SMILES string of the molecule is C/C(O)=C(\[N+]#N)C(=O)OCCN(C)Cc1ccc([N+](=O)[O-])cc1. The van der Waals surface area contributed by atoms with Crippen LogP contribution in [0.1, 0.15) is 12.5 Å². The average molecular weight is 321 g/mol. The lowest BCUT2D eigenvalue weighted by atomic mass is 10.2. The first-order valence-corrected chi connectivity index (χ1v) is 6.69. The fraction of sp³-hybridized carbons (Fsp3) is 0.357. The van der Waals surface area contributed by atoms with Crippen LogP contribution < -0.4 is 0 Å². The molecule has 0 aliphatic heterocycles. The van der Waals surface area contributed by atoms with Gasteiger partial charge in [0, 0.05) is 32.1 Å². The molecule has 0 amide bonds. The van der Waals surface area contributed by atoms with Crippen LogP contribution in [0, 0.1) is 15.5 Å². The molecule has 0 radical (unpaired) electrons. The number of aliphatic hydroxyl groups is 1. The van der Waals surface area contributed by atoms with Crippen molar-refractivity contribution >= 4 is 11.7 Å². The number of diazo groups is 1. The topological polar surface area (TPSA) is 121 Å². The Kier molecular flexibility index (Phi) is 6.64. The maximum Gasteiger partial charge on any atom is 0.504 e. The van der Waals surface area contributed by atoms with Gasteiger partial charge in [-0.15, -0.1) is 0 Å². The van der Waals surface area contributed by atoms with Crippen molar-refractivity contribution in [3.05, 3.63) is 56.4 Å². The molecule has 1 rings (SSSR count). The Morgan fingerprint density at radius 1 is 1.43 bits per heavy atom.